The van der Waals surface area contributed by atoms with Crippen LogP contribution in [0.25, 0.3) is 0 Å². The van der Waals surface area contributed by atoms with Gasteiger partial charge in [0, 0.05) is 21.2 Å². The summed E-state index contributed by atoms with van der Waals surface area (Å²) >= 11 is 4.76. The third kappa shape index (κ3) is 5.45. The summed E-state index contributed by atoms with van der Waals surface area (Å²) in [5.41, 5.74) is 6.43. The van der Waals surface area contributed by atoms with Crippen molar-refractivity contribution < 1.29 is 9.59 Å². The fraction of sp³-hybridized carbons (Fsp3) is 0.214. The van der Waals surface area contributed by atoms with Gasteiger partial charge in [-0.3, -0.25) is 20.4 Å². The summed E-state index contributed by atoms with van der Waals surface area (Å²) in [7, 11) is 0. The van der Waals surface area contributed by atoms with Gasteiger partial charge in [0.25, 0.3) is 5.91 Å². The summed E-state index contributed by atoms with van der Waals surface area (Å²) in [6.45, 7) is 1.94. The minimum atomic E-state index is -0.327. The Morgan fingerprint density at radius 3 is 2.50 bits per heavy atom. The molecule has 0 saturated heterocycles. The second-order valence-electron chi connectivity index (χ2n) is 4.52. The van der Waals surface area contributed by atoms with Crippen LogP contribution in [0, 0.1) is 6.92 Å². The standard InChI is InChI=1S/C14H15BrN4O2S/c1-9-8-22-14(17-9)6-12(20)18-19-13(21)7-16-11-4-2-10(15)3-5-11/h2-5,8,16H,6-7H2,1H3,(H,18,20)(H,19,21). The van der Waals surface area contributed by atoms with E-state index >= 15 is 0 Å². The molecule has 0 unspecified atom stereocenters. The quantitative estimate of drug-likeness (QED) is 0.690. The summed E-state index contributed by atoms with van der Waals surface area (Å²) in [6.07, 6.45) is 0.152. The van der Waals surface area contributed by atoms with Gasteiger partial charge in [0.1, 0.15) is 5.01 Å². The van der Waals surface area contributed by atoms with Crippen molar-refractivity contribution in [1.82, 2.24) is 15.8 Å². The number of aromatic nitrogens is 1. The van der Waals surface area contributed by atoms with Crippen LogP contribution in [0.5, 0.6) is 0 Å². The van der Waals surface area contributed by atoms with E-state index in [2.05, 4.69) is 37.1 Å². The minimum absolute atomic E-state index is 0.0677. The van der Waals surface area contributed by atoms with Crippen molar-refractivity contribution in [3.8, 4) is 0 Å². The Labute approximate surface area is 140 Å². The molecule has 116 valence electrons. The largest absolute Gasteiger partial charge is 0.376 e. The number of anilines is 1. The highest BCUT2D eigenvalue weighted by molar-refractivity contribution is 9.10. The number of nitrogens with zero attached hydrogens (tertiary/aromatic N) is 1. The molecule has 3 N–H and O–H groups in total. The maximum Gasteiger partial charge on any atom is 0.257 e. The lowest BCUT2D eigenvalue weighted by molar-refractivity contribution is -0.127. The molecule has 2 aromatic rings. The molecule has 0 spiro atoms. The van der Waals surface area contributed by atoms with Crippen molar-refractivity contribution in [3.05, 3.63) is 44.8 Å². The zero-order valence-electron chi connectivity index (χ0n) is 11.9. The van der Waals surface area contributed by atoms with Crippen LogP contribution in [0.15, 0.2) is 34.1 Å². The van der Waals surface area contributed by atoms with Crippen LogP contribution in [0.1, 0.15) is 10.7 Å². The van der Waals surface area contributed by atoms with E-state index in [1.165, 1.54) is 11.3 Å². The third-order valence-electron chi connectivity index (χ3n) is 2.62. The van der Waals surface area contributed by atoms with Gasteiger partial charge in [-0.15, -0.1) is 11.3 Å². The Balaban J connectivity index is 1.68. The number of amides is 2. The van der Waals surface area contributed by atoms with Crippen LogP contribution in [0.3, 0.4) is 0 Å². The zero-order valence-corrected chi connectivity index (χ0v) is 14.3. The summed E-state index contributed by atoms with van der Waals surface area (Å²) in [5.74, 6) is -0.627. The van der Waals surface area contributed by atoms with Crippen molar-refractivity contribution in [1.29, 1.82) is 0 Å². The molecule has 0 atom stereocenters. The zero-order chi connectivity index (χ0) is 15.9. The fourth-order valence-electron chi connectivity index (χ4n) is 1.60. The molecule has 0 radical (unpaired) electrons. The molecule has 1 aromatic heterocycles. The van der Waals surface area contributed by atoms with E-state index in [1.807, 2.05) is 36.6 Å². The summed E-state index contributed by atoms with van der Waals surface area (Å²) in [5, 5.41) is 5.55. The fourth-order valence-corrected chi connectivity index (χ4v) is 2.63. The Morgan fingerprint density at radius 2 is 1.86 bits per heavy atom. The van der Waals surface area contributed by atoms with Crippen molar-refractivity contribution in [2.24, 2.45) is 0 Å². The van der Waals surface area contributed by atoms with Crippen LogP contribution in [0.2, 0.25) is 0 Å². The van der Waals surface area contributed by atoms with Crippen LogP contribution < -0.4 is 16.2 Å². The number of hydrogen-bond acceptors (Lipinski definition) is 5. The van der Waals surface area contributed by atoms with Gasteiger partial charge in [0.2, 0.25) is 5.91 Å². The third-order valence-corrected chi connectivity index (χ3v) is 4.11. The number of carbonyl (C=O) groups excluding carboxylic acids is 2. The molecular formula is C14H15BrN4O2S. The molecule has 0 aliphatic rings. The maximum absolute atomic E-state index is 11.7. The normalized spacial score (nSPS) is 10.1. The first-order valence-electron chi connectivity index (χ1n) is 6.51. The molecule has 0 aliphatic heterocycles. The lowest BCUT2D eigenvalue weighted by Gasteiger charge is -2.08. The van der Waals surface area contributed by atoms with Crippen molar-refractivity contribution in [2.45, 2.75) is 13.3 Å². The molecule has 1 aromatic carbocycles. The van der Waals surface area contributed by atoms with E-state index in [-0.39, 0.29) is 24.8 Å². The Morgan fingerprint density at radius 1 is 1.18 bits per heavy atom. The van der Waals surface area contributed by atoms with Gasteiger partial charge in [-0.2, -0.15) is 0 Å². The van der Waals surface area contributed by atoms with Crippen molar-refractivity contribution in [3.63, 3.8) is 0 Å². The van der Waals surface area contributed by atoms with E-state index < -0.39 is 0 Å². The van der Waals surface area contributed by atoms with E-state index in [0.717, 1.165) is 20.9 Å². The molecule has 8 heteroatoms. The number of hydrazine groups is 1. The predicted molar refractivity (Wildman–Crippen MR) is 89.5 cm³/mol. The second kappa shape index (κ2) is 7.90. The van der Waals surface area contributed by atoms with Gasteiger partial charge < -0.3 is 5.32 Å². The number of benzene rings is 1. The Kier molecular flexibility index (Phi) is 5.91. The maximum atomic E-state index is 11.7. The average molecular weight is 383 g/mol. The first-order chi connectivity index (χ1) is 10.5. The van der Waals surface area contributed by atoms with E-state index in [1.54, 1.807) is 0 Å². The monoisotopic (exact) mass is 382 g/mol. The number of halogens is 1. The molecule has 0 aliphatic carbocycles. The predicted octanol–water partition coefficient (Wildman–Crippen LogP) is 2.02. The average Bonchev–Trinajstić information content (AvgIpc) is 2.89. The molecular weight excluding hydrogens is 368 g/mol. The SMILES string of the molecule is Cc1csc(CC(=O)NNC(=O)CNc2ccc(Br)cc2)n1. The lowest BCUT2D eigenvalue weighted by Crippen LogP contribution is -2.44. The molecule has 0 bridgehead atoms. The van der Waals surface area contributed by atoms with Crippen LogP contribution >= 0.6 is 27.3 Å². The number of aryl methyl sites for hydroxylation is 1. The molecule has 2 rings (SSSR count). The highest BCUT2D eigenvalue weighted by atomic mass is 79.9. The second-order valence-corrected chi connectivity index (χ2v) is 6.37. The number of rotatable bonds is 5. The summed E-state index contributed by atoms with van der Waals surface area (Å²) < 4.78 is 0.965. The first kappa shape index (κ1) is 16.4. The highest BCUT2D eigenvalue weighted by Crippen LogP contribution is 2.13. The van der Waals surface area contributed by atoms with Crippen molar-refractivity contribution >= 4 is 44.8 Å². The van der Waals surface area contributed by atoms with Gasteiger partial charge in [-0.05, 0) is 31.2 Å². The number of thiazole rings is 1. The van der Waals surface area contributed by atoms with Gasteiger partial charge in [-0.1, -0.05) is 15.9 Å². The molecule has 6 nitrogen and oxygen atoms in total. The summed E-state index contributed by atoms with van der Waals surface area (Å²) in [4.78, 5) is 27.5. The minimum Gasteiger partial charge on any atom is -0.376 e. The smallest absolute Gasteiger partial charge is 0.257 e. The number of nitrogens with one attached hydrogen (secondary N) is 3. The first-order valence-corrected chi connectivity index (χ1v) is 8.18. The van der Waals surface area contributed by atoms with Crippen LogP contribution in [-0.2, 0) is 16.0 Å². The van der Waals surface area contributed by atoms with E-state index in [4.69, 9.17) is 0 Å². The molecule has 1 heterocycles. The van der Waals surface area contributed by atoms with Crippen molar-refractivity contribution in [2.75, 3.05) is 11.9 Å². The van der Waals surface area contributed by atoms with Gasteiger partial charge >= 0.3 is 0 Å². The Bertz CT molecular complexity index is 657. The lowest BCUT2D eigenvalue weighted by atomic mass is 10.3. The van der Waals surface area contributed by atoms with Gasteiger partial charge in [0.05, 0.1) is 13.0 Å². The van der Waals surface area contributed by atoms with Crippen LogP contribution in [-0.4, -0.2) is 23.3 Å². The molecule has 2 amide bonds. The van der Waals surface area contributed by atoms with Crippen LogP contribution in [0.4, 0.5) is 5.69 Å². The molecule has 0 fully saturated rings. The van der Waals surface area contributed by atoms with Gasteiger partial charge in [-0.25, -0.2) is 4.98 Å². The highest BCUT2D eigenvalue weighted by Gasteiger charge is 2.08. The molecule has 0 saturated carbocycles. The topological polar surface area (TPSA) is 83.1 Å². The van der Waals surface area contributed by atoms with E-state index in [9.17, 15) is 9.59 Å². The Hall–Kier alpha value is -1.93. The summed E-state index contributed by atoms with van der Waals surface area (Å²) in [6, 6.07) is 7.44. The number of carbonyl (C=O) groups is 2. The van der Waals surface area contributed by atoms with Gasteiger partial charge in [0.15, 0.2) is 0 Å². The number of hydrogen-bond donors (Lipinski definition) is 3. The van der Waals surface area contributed by atoms with E-state index in [0.29, 0.717) is 0 Å². The molecule has 22 heavy (non-hydrogen) atoms.